The molecule has 1 aromatic heterocycles. The largest absolute Gasteiger partial charge is 0.505 e. The lowest BCUT2D eigenvalue weighted by molar-refractivity contribution is -0.112. The summed E-state index contributed by atoms with van der Waals surface area (Å²) in [6.07, 6.45) is 3.39. The second-order valence-corrected chi connectivity index (χ2v) is 11.4. The molecule has 230 valence electrons. The van der Waals surface area contributed by atoms with Crippen molar-refractivity contribution in [3.05, 3.63) is 46.5 Å². The number of amides is 2. The van der Waals surface area contributed by atoms with Crippen molar-refractivity contribution in [2.75, 3.05) is 26.6 Å². The Morgan fingerprint density at radius 3 is 2.52 bits per heavy atom. The number of fused-ring (bicyclic) bond motifs is 4. The molecule has 2 amide bonds. The lowest BCUT2D eigenvalue weighted by atomic mass is 9.87. The Hall–Kier alpha value is -3.45. The Morgan fingerprint density at radius 2 is 1.90 bits per heavy atom. The van der Waals surface area contributed by atoms with Crippen LogP contribution in [0.1, 0.15) is 39.7 Å². The van der Waals surface area contributed by atoms with Gasteiger partial charge in [0.2, 0.25) is 0 Å². The Morgan fingerprint density at radius 1 is 1.19 bits per heavy atom. The summed E-state index contributed by atoms with van der Waals surface area (Å²) in [6.45, 7) is 7.22. The van der Waals surface area contributed by atoms with Gasteiger partial charge in [-0.15, -0.1) is 11.3 Å². The van der Waals surface area contributed by atoms with Gasteiger partial charge in [-0.25, -0.2) is 9.78 Å². The molecule has 11 nitrogen and oxygen atoms in total. The number of nitrogens with one attached hydrogen (secondary N) is 1. The maximum atomic E-state index is 13.2. The Kier molecular flexibility index (Phi) is 11.5. The number of nitrogens with zero attached hydrogens (tertiary/aromatic N) is 1. The first-order valence-electron chi connectivity index (χ1n) is 13.6. The normalized spacial score (nSPS) is 29.6. The number of ether oxygens (including phenoxy) is 4. The van der Waals surface area contributed by atoms with E-state index in [0.29, 0.717) is 45.5 Å². The second kappa shape index (κ2) is 14.6. The van der Waals surface area contributed by atoms with E-state index >= 15 is 0 Å². The fourth-order valence-corrected chi connectivity index (χ4v) is 6.00. The molecule has 12 heteroatoms. The van der Waals surface area contributed by atoms with Crippen LogP contribution < -0.4 is 15.8 Å². The van der Waals surface area contributed by atoms with Gasteiger partial charge in [-0.1, -0.05) is 38.2 Å². The van der Waals surface area contributed by atoms with Crippen LogP contribution in [0.5, 0.6) is 11.5 Å². The third-order valence-electron chi connectivity index (χ3n) is 7.45. The monoisotopic (exact) mass is 603 g/mol. The van der Waals surface area contributed by atoms with Gasteiger partial charge in [-0.3, -0.25) is 4.79 Å². The molecular formula is C30H41N3O8S. The van der Waals surface area contributed by atoms with E-state index in [-0.39, 0.29) is 17.4 Å². The number of carbonyl (C=O) groups excluding carboxylic acids is 2. The zero-order chi connectivity index (χ0) is 31.1. The topological polar surface area (TPSA) is 162 Å². The van der Waals surface area contributed by atoms with Gasteiger partial charge >= 0.3 is 6.09 Å². The van der Waals surface area contributed by atoms with E-state index in [1.165, 1.54) is 32.7 Å². The number of hydrogen-bond donors (Lipinski definition) is 4. The van der Waals surface area contributed by atoms with Crippen molar-refractivity contribution in [2.24, 2.45) is 17.6 Å². The molecule has 1 aromatic carbocycles. The fourth-order valence-electron chi connectivity index (χ4n) is 5.21. The van der Waals surface area contributed by atoms with Gasteiger partial charge in [0.25, 0.3) is 5.91 Å². The number of nitrogens with two attached hydrogens (primary N) is 1. The zero-order valence-electron chi connectivity index (χ0n) is 25.0. The molecule has 42 heavy (non-hydrogen) atoms. The molecule has 2 heterocycles. The van der Waals surface area contributed by atoms with Gasteiger partial charge < -0.3 is 40.2 Å². The first-order chi connectivity index (χ1) is 19.9. The standard InChI is InChI=1S/C30H41N3O8S/c1-15-11-19-25(35)22(28-23(27(19)40-7)32-14-42-28)33-29(36)16(2)9-8-10-20(38-5)26(41-30(31)37)18(4)13-17(3)24(34)21(12-15)39-6/h8-10,13-15,17,20-21,24,26,34-35H,11-12H2,1-7H3,(H2,31,37)(H,33,36)/b10-8-,16-9+,18-13+/t15-,17+,20+,21+,24-,26+/m1/s1. The molecule has 0 saturated carbocycles. The van der Waals surface area contributed by atoms with Gasteiger partial charge in [0.05, 0.1) is 29.5 Å². The molecule has 6 atom stereocenters. The zero-order valence-corrected chi connectivity index (χ0v) is 25.9. The van der Waals surface area contributed by atoms with Crippen molar-refractivity contribution in [1.29, 1.82) is 0 Å². The van der Waals surface area contributed by atoms with Crippen molar-refractivity contribution in [3.8, 4) is 11.5 Å². The van der Waals surface area contributed by atoms with Gasteiger partial charge in [0, 0.05) is 31.3 Å². The highest BCUT2D eigenvalue weighted by atomic mass is 32.1. The molecule has 2 aromatic rings. The van der Waals surface area contributed by atoms with Crippen LogP contribution in [0, 0.1) is 11.8 Å². The summed E-state index contributed by atoms with van der Waals surface area (Å²) < 4.78 is 23.0. The minimum atomic E-state index is -0.976. The van der Waals surface area contributed by atoms with Crippen LogP contribution in [0.15, 0.2) is 41.0 Å². The smallest absolute Gasteiger partial charge is 0.405 e. The van der Waals surface area contributed by atoms with Crippen LogP contribution in [0.3, 0.4) is 0 Å². The van der Waals surface area contributed by atoms with E-state index in [0.717, 1.165) is 0 Å². The molecule has 5 N–H and O–H groups in total. The second-order valence-electron chi connectivity index (χ2n) is 10.6. The number of anilines is 1. The van der Waals surface area contributed by atoms with Crippen molar-refractivity contribution >= 4 is 39.2 Å². The molecule has 0 fully saturated rings. The maximum absolute atomic E-state index is 13.2. The number of thiazole rings is 1. The average molecular weight is 604 g/mol. The van der Waals surface area contributed by atoms with Crippen LogP contribution in [0.25, 0.3) is 10.2 Å². The van der Waals surface area contributed by atoms with E-state index in [9.17, 15) is 19.8 Å². The van der Waals surface area contributed by atoms with Crippen LogP contribution in [-0.2, 0) is 25.4 Å². The predicted octanol–water partition coefficient (Wildman–Crippen LogP) is 4.47. The number of phenols is 1. The third kappa shape index (κ3) is 7.49. The minimum Gasteiger partial charge on any atom is -0.505 e. The van der Waals surface area contributed by atoms with Crippen LogP contribution >= 0.6 is 11.3 Å². The Balaban J connectivity index is 2.16. The first-order valence-corrected chi connectivity index (χ1v) is 14.5. The number of rotatable bonds is 4. The van der Waals surface area contributed by atoms with Gasteiger partial charge in [0.15, 0.2) is 11.9 Å². The summed E-state index contributed by atoms with van der Waals surface area (Å²) >= 11 is 1.27. The number of carbonyl (C=O) groups is 2. The molecule has 0 unspecified atom stereocenters. The molecule has 0 spiro atoms. The number of aromatic hydroxyl groups is 1. The van der Waals surface area contributed by atoms with E-state index in [1.807, 2.05) is 13.8 Å². The number of primary amides is 1. The number of hydrogen-bond acceptors (Lipinski definition) is 10. The molecular weight excluding hydrogens is 562 g/mol. The summed E-state index contributed by atoms with van der Waals surface area (Å²) in [5, 5.41) is 25.6. The Labute approximate surface area is 250 Å². The summed E-state index contributed by atoms with van der Waals surface area (Å²) in [4.78, 5) is 29.4. The summed E-state index contributed by atoms with van der Waals surface area (Å²) in [5.41, 5.74) is 9.24. The highest BCUT2D eigenvalue weighted by Gasteiger charge is 2.31. The molecule has 2 bridgehead atoms. The van der Waals surface area contributed by atoms with Crippen molar-refractivity contribution in [3.63, 3.8) is 0 Å². The molecule has 0 radical (unpaired) electrons. The van der Waals surface area contributed by atoms with E-state index < -0.39 is 42.3 Å². The predicted molar refractivity (Wildman–Crippen MR) is 162 cm³/mol. The van der Waals surface area contributed by atoms with Gasteiger partial charge in [0.1, 0.15) is 23.1 Å². The quantitative estimate of drug-likeness (QED) is 0.292. The summed E-state index contributed by atoms with van der Waals surface area (Å²) in [6, 6.07) is 0. The number of phenolic OH excluding ortho intramolecular Hbond substituents is 1. The number of benzene rings is 1. The van der Waals surface area contributed by atoms with Gasteiger partial charge in [-0.05, 0) is 38.2 Å². The summed E-state index contributed by atoms with van der Waals surface area (Å²) in [5.74, 6) is -0.578. The highest BCUT2D eigenvalue weighted by molar-refractivity contribution is 7.17. The van der Waals surface area contributed by atoms with E-state index in [1.54, 1.807) is 43.7 Å². The highest BCUT2D eigenvalue weighted by Crippen LogP contribution is 2.46. The van der Waals surface area contributed by atoms with Crippen LogP contribution in [0.4, 0.5) is 10.5 Å². The molecule has 0 aliphatic carbocycles. The lowest BCUT2D eigenvalue weighted by Crippen LogP contribution is -2.37. The molecule has 3 rings (SSSR count). The van der Waals surface area contributed by atoms with E-state index in [4.69, 9.17) is 24.7 Å². The van der Waals surface area contributed by atoms with Crippen molar-refractivity contribution < 1.29 is 38.7 Å². The minimum absolute atomic E-state index is 0.0851. The van der Waals surface area contributed by atoms with Crippen molar-refractivity contribution in [1.82, 2.24) is 4.98 Å². The van der Waals surface area contributed by atoms with E-state index in [2.05, 4.69) is 10.3 Å². The van der Waals surface area contributed by atoms with Crippen molar-refractivity contribution in [2.45, 2.75) is 65.0 Å². The maximum Gasteiger partial charge on any atom is 0.405 e. The number of allylic oxidation sites excluding steroid dienone is 2. The SMILES string of the molecule is COc1c2c(O)c(c3scnc13)NC(=O)/C(C)=C/C=C\[C@H](OC)[C@@H](OC(N)=O)/C(C)=C/[C@H](C)[C@@H](O)[C@@H](OC)C[C@H](C)C2. The number of aromatic nitrogens is 1. The van der Waals surface area contributed by atoms with Gasteiger partial charge in [-0.2, -0.15) is 0 Å². The van der Waals surface area contributed by atoms with Crippen LogP contribution in [0.2, 0.25) is 0 Å². The lowest BCUT2D eigenvalue weighted by Gasteiger charge is -2.29. The molecule has 1 aliphatic heterocycles. The third-order valence-corrected chi connectivity index (χ3v) is 8.30. The Bertz CT molecular complexity index is 1370. The number of methoxy groups -OCH3 is 3. The fraction of sp³-hybridized carbons (Fsp3) is 0.500. The molecule has 1 aliphatic rings. The van der Waals surface area contributed by atoms with Crippen LogP contribution in [-0.4, -0.2) is 72.9 Å². The summed E-state index contributed by atoms with van der Waals surface area (Å²) in [7, 11) is 4.51. The number of aliphatic hydroxyl groups is 1. The number of aliphatic hydroxyl groups excluding tert-OH is 1. The first kappa shape index (κ1) is 33.1. The average Bonchev–Trinajstić information content (AvgIpc) is 3.43. The molecule has 0 saturated heterocycles.